The molecule has 0 aromatic heterocycles. The summed E-state index contributed by atoms with van der Waals surface area (Å²) in [4.78, 5) is 0. The molecule has 0 spiro atoms. The molecule has 0 heterocycles. The maximum absolute atomic E-state index is 2.26. The second-order valence-corrected chi connectivity index (χ2v) is 4.35. The molecule has 0 aliphatic rings. The van der Waals surface area contributed by atoms with Gasteiger partial charge in [0.2, 0.25) is 0 Å². The third-order valence-electron chi connectivity index (χ3n) is 3.20. The van der Waals surface area contributed by atoms with E-state index < -0.39 is 0 Å². The summed E-state index contributed by atoms with van der Waals surface area (Å²) in [5.41, 5.74) is 6.73. The molecule has 2 aromatic carbocycles. The summed E-state index contributed by atoms with van der Waals surface area (Å²) >= 11 is 0. The van der Waals surface area contributed by atoms with Crippen LogP contribution in [0.5, 0.6) is 0 Å². The standard InChI is InChI=1S/C16H18/c1-4-14-6-9-15(10-7-14)16-8-5-12(2)13(3)11-16/h5-11H,4H2,1-3H3. The SMILES string of the molecule is CCc1ccc(-c2ccc(C)c(C)c2)cc1. The molecule has 0 saturated heterocycles. The third-order valence-corrected chi connectivity index (χ3v) is 3.20. The Morgan fingerprint density at radius 2 is 1.38 bits per heavy atom. The summed E-state index contributed by atoms with van der Waals surface area (Å²) in [5.74, 6) is 0. The third kappa shape index (κ3) is 2.16. The van der Waals surface area contributed by atoms with Crippen LogP contribution < -0.4 is 0 Å². The maximum atomic E-state index is 2.26. The molecule has 0 aliphatic heterocycles. The van der Waals surface area contributed by atoms with Crippen LogP contribution in [0, 0.1) is 13.8 Å². The number of hydrogen-bond donors (Lipinski definition) is 0. The smallest absolute Gasteiger partial charge is 0.0181 e. The maximum Gasteiger partial charge on any atom is -0.0181 e. The zero-order valence-corrected chi connectivity index (χ0v) is 10.2. The van der Waals surface area contributed by atoms with Crippen molar-refractivity contribution < 1.29 is 0 Å². The Morgan fingerprint density at radius 3 is 1.94 bits per heavy atom. The first kappa shape index (κ1) is 10.9. The molecular weight excluding hydrogens is 192 g/mol. The molecule has 16 heavy (non-hydrogen) atoms. The molecule has 2 rings (SSSR count). The second kappa shape index (κ2) is 4.52. The molecule has 0 heteroatoms. The van der Waals surface area contributed by atoms with Gasteiger partial charge in [0, 0.05) is 0 Å². The van der Waals surface area contributed by atoms with Crippen molar-refractivity contribution in [1.82, 2.24) is 0 Å². The lowest BCUT2D eigenvalue weighted by molar-refractivity contribution is 1.14. The van der Waals surface area contributed by atoms with Crippen molar-refractivity contribution in [2.45, 2.75) is 27.2 Å². The van der Waals surface area contributed by atoms with Crippen LogP contribution in [0.3, 0.4) is 0 Å². The Balaban J connectivity index is 2.38. The first-order valence-corrected chi connectivity index (χ1v) is 5.87. The molecule has 0 radical (unpaired) electrons. The van der Waals surface area contributed by atoms with Crippen LogP contribution >= 0.6 is 0 Å². The number of benzene rings is 2. The number of hydrogen-bond acceptors (Lipinski definition) is 0. The molecule has 0 amide bonds. The highest BCUT2D eigenvalue weighted by Crippen LogP contribution is 2.22. The zero-order chi connectivity index (χ0) is 11.5. The van der Waals surface area contributed by atoms with E-state index in [1.54, 1.807) is 0 Å². The predicted molar refractivity (Wildman–Crippen MR) is 70.7 cm³/mol. The van der Waals surface area contributed by atoms with Crippen molar-refractivity contribution in [3.63, 3.8) is 0 Å². The van der Waals surface area contributed by atoms with E-state index in [9.17, 15) is 0 Å². The topological polar surface area (TPSA) is 0 Å². The van der Waals surface area contributed by atoms with E-state index in [1.807, 2.05) is 0 Å². The molecule has 0 N–H and O–H groups in total. The normalized spacial score (nSPS) is 10.4. The van der Waals surface area contributed by atoms with Crippen molar-refractivity contribution in [3.8, 4) is 11.1 Å². The highest BCUT2D eigenvalue weighted by atomic mass is 14.0. The van der Waals surface area contributed by atoms with Gasteiger partial charge < -0.3 is 0 Å². The minimum atomic E-state index is 1.10. The van der Waals surface area contributed by atoms with Gasteiger partial charge in [0.15, 0.2) is 0 Å². The molecule has 82 valence electrons. The van der Waals surface area contributed by atoms with Gasteiger partial charge in [-0.2, -0.15) is 0 Å². The Bertz CT molecular complexity index is 478. The largest absolute Gasteiger partial charge is 0.0613 e. The van der Waals surface area contributed by atoms with Crippen LogP contribution in [0.15, 0.2) is 42.5 Å². The second-order valence-electron chi connectivity index (χ2n) is 4.35. The molecule has 0 unspecified atom stereocenters. The Kier molecular flexibility index (Phi) is 3.09. The van der Waals surface area contributed by atoms with Crippen LogP contribution in [0.25, 0.3) is 11.1 Å². The summed E-state index contributed by atoms with van der Waals surface area (Å²) in [6.07, 6.45) is 1.10. The van der Waals surface area contributed by atoms with Gasteiger partial charge in [0.05, 0.1) is 0 Å². The lowest BCUT2D eigenvalue weighted by atomic mass is 9.99. The van der Waals surface area contributed by atoms with Gasteiger partial charge in [-0.15, -0.1) is 0 Å². The van der Waals surface area contributed by atoms with Crippen LogP contribution in [0.2, 0.25) is 0 Å². The van der Waals surface area contributed by atoms with Crippen molar-refractivity contribution in [3.05, 3.63) is 59.2 Å². The van der Waals surface area contributed by atoms with E-state index in [0.29, 0.717) is 0 Å². The van der Waals surface area contributed by atoms with Gasteiger partial charge in [0.1, 0.15) is 0 Å². The van der Waals surface area contributed by atoms with Gasteiger partial charge in [0.25, 0.3) is 0 Å². The summed E-state index contributed by atoms with van der Waals surface area (Å²) in [5, 5.41) is 0. The zero-order valence-electron chi connectivity index (χ0n) is 10.2. The molecule has 0 atom stereocenters. The summed E-state index contributed by atoms with van der Waals surface area (Å²) < 4.78 is 0. The van der Waals surface area contributed by atoms with Gasteiger partial charge >= 0.3 is 0 Å². The van der Waals surface area contributed by atoms with E-state index in [4.69, 9.17) is 0 Å². The molecule has 2 aromatic rings. The van der Waals surface area contributed by atoms with E-state index in [1.165, 1.54) is 27.8 Å². The van der Waals surface area contributed by atoms with E-state index in [0.717, 1.165) is 6.42 Å². The fraction of sp³-hybridized carbons (Fsp3) is 0.250. The Hall–Kier alpha value is -1.56. The van der Waals surface area contributed by atoms with E-state index in [2.05, 4.69) is 63.2 Å². The summed E-state index contributed by atoms with van der Waals surface area (Å²) in [7, 11) is 0. The Labute approximate surface area is 97.9 Å². The molecule has 0 nitrogen and oxygen atoms in total. The molecular formula is C16H18. The van der Waals surface area contributed by atoms with Crippen molar-refractivity contribution in [1.29, 1.82) is 0 Å². The lowest BCUT2D eigenvalue weighted by Gasteiger charge is -2.06. The highest BCUT2D eigenvalue weighted by Gasteiger charge is 1.99. The summed E-state index contributed by atoms with van der Waals surface area (Å²) in [6, 6.07) is 15.5. The van der Waals surface area contributed by atoms with Gasteiger partial charge in [-0.25, -0.2) is 0 Å². The molecule has 0 bridgehead atoms. The quantitative estimate of drug-likeness (QED) is 0.683. The monoisotopic (exact) mass is 210 g/mol. The van der Waals surface area contributed by atoms with Crippen LogP contribution in [-0.4, -0.2) is 0 Å². The van der Waals surface area contributed by atoms with Crippen LogP contribution in [-0.2, 0) is 6.42 Å². The average molecular weight is 210 g/mol. The predicted octanol–water partition coefficient (Wildman–Crippen LogP) is 4.53. The molecule has 0 fully saturated rings. The van der Waals surface area contributed by atoms with Crippen LogP contribution in [0.1, 0.15) is 23.6 Å². The fourth-order valence-corrected chi connectivity index (χ4v) is 1.85. The first-order valence-electron chi connectivity index (χ1n) is 5.87. The lowest BCUT2D eigenvalue weighted by Crippen LogP contribution is -1.84. The fourth-order valence-electron chi connectivity index (χ4n) is 1.85. The summed E-state index contributed by atoms with van der Waals surface area (Å²) in [6.45, 7) is 6.50. The van der Waals surface area contributed by atoms with Crippen molar-refractivity contribution >= 4 is 0 Å². The highest BCUT2D eigenvalue weighted by molar-refractivity contribution is 5.65. The number of rotatable bonds is 2. The van der Waals surface area contributed by atoms with Gasteiger partial charge in [-0.3, -0.25) is 0 Å². The molecule has 0 saturated carbocycles. The van der Waals surface area contributed by atoms with Gasteiger partial charge in [-0.05, 0) is 48.1 Å². The minimum absolute atomic E-state index is 1.10. The minimum Gasteiger partial charge on any atom is -0.0613 e. The first-order chi connectivity index (χ1) is 7.70. The van der Waals surface area contributed by atoms with Gasteiger partial charge in [-0.1, -0.05) is 49.4 Å². The van der Waals surface area contributed by atoms with Crippen LogP contribution in [0.4, 0.5) is 0 Å². The van der Waals surface area contributed by atoms with Crippen molar-refractivity contribution in [2.24, 2.45) is 0 Å². The average Bonchev–Trinajstić information content (AvgIpc) is 2.33. The van der Waals surface area contributed by atoms with E-state index in [-0.39, 0.29) is 0 Å². The number of aryl methyl sites for hydroxylation is 3. The Morgan fingerprint density at radius 1 is 0.750 bits per heavy atom. The van der Waals surface area contributed by atoms with E-state index >= 15 is 0 Å². The van der Waals surface area contributed by atoms with Crippen molar-refractivity contribution in [2.75, 3.05) is 0 Å². The molecule has 0 aliphatic carbocycles.